The van der Waals surface area contributed by atoms with Crippen LogP contribution < -0.4 is 5.32 Å². The molecule has 0 aliphatic rings. The van der Waals surface area contributed by atoms with Gasteiger partial charge >= 0.3 is 0 Å². The van der Waals surface area contributed by atoms with E-state index in [0.717, 1.165) is 39.4 Å². The Hall–Kier alpha value is -0.940. The maximum Gasteiger partial charge on any atom is 0.0589 e. The summed E-state index contributed by atoms with van der Waals surface area (Å²) >= 11 is 0. The molecule has 0 saturated heterocycles. The summed E-state index contributed by atoms with van der Waals surface area (Å²) in [6.45, 7) is 7.55. The van der Waals surface area contributed by atoms with Gasteiger partial charge in [-0.3, -0.25) is 4.90 Å². The van der Waals surface area contributed by atoms with Crippen molar-refractivity contribution in [2.75, 3.05) is 54.1 Å². The van der Waals surface area contributed by atoms with Gasteiger partial charge in [0.2, 0.25) is 0 Å². The van der Waals surface area contributed by atoms with E-state index in [1.165, 1.54) is 11.1 Å². The molecule has 4 heteroatoms. The molecule has 120 valence electrons. The standard InChI is InChI=1S/C17H30N2O2/c1-15(13-18-2)17-7-5-16(6-8-17)14-19(9-11-20-3)10-12-21-4/h5-8,15,18H,9-14H2,1-4H3. The quantitative estimate of drug-likeness (QED) is 0.678. The maximum atomic E-state index is 5.18. The average Bonchev–Trinajstić information content (AvgIpc) is 2.51. The first-order valence-electron chi connectivity index (χ1n) is 7.65. The number of hydrogen-bond donors (Lipinski definition) is 1. The highest BCUT2D eigenvalue weighted by atomic mass is 16.5. The Labute approximate surface area is 129 Å². The molecular weight excluding hydrogens is 264 g/mol. The Balaban J connectivity index is 2.57. The summed E-state index contributed by atoms with van der Waals surface area (Å²) in [4.78, 5) is 2.36. The van der Waals surface area contributed by atoms with E-state index < -0.39 is 0 Å². The average molecular weight is 294 g/mol. The predicted octanol–water partition coefficient (Wildman–Crippen LogP) is 2.10. The summed E-state index contributed by atoms with van der Waals surface area (Å²) in [5, 5.41) is 3.22. The van der Waals surface area contributed by atoms with Crippen molar-refractivity contribution in [1.29, 1.82) is 0 Å². The molecule has 0 aliphatic carbocycles. The molecule has 4 nitrogen and oxygen atoms in total. The van der Waals surface area contributed by atoms with Crippen LogP contribution >= 0.6 is 0 Å². The van der Waals surface area contributed by atoms with E-state index in [1.807, 2.05) is 7.05 Å². The normalized spacial score (nSPS) is 12.8. The summed E-state index contributed by atoms with van der Waals surface area (Å²) in [6.07, 6.45) is 0. The second-order valence-electron chi connectivity index (χ2n) is 5.46. The second kappa shape index (κ2) is 10.7. The highest BCUT2D eigenvalue weighted by molar-refractivity contribution is 5.25. The van der Waals surface area contributed by atoms with Gasteiger partial charge in [-0.15, -0.1) is 0 Å². The number of rotatable bonds is 11. The first-order chi connectivity index (χ1) is 10.2. The van der Waals surface area contributed by atoms with Crippen LogP contribution in [0.5, 0.6) is 0 Å². The zero-order valence-corrected chi connectivity index (χ0v) is 13.9. The monoisotopic (exact) mass is 294 g/mol. The van der Waals surface area contributed by atoms with E-state index in [0.29, 0.717) is 5.92 Å². The van der Waals surface area contributed by atoms with Gasteiger partial charge in [0.1, 0.15) is 0 Å². The van der Waals surface area contributed by atoms with Crippen molar-refractivity contribution < 1.29 is 9.47 Å². The van der Waals surface area contributed by atoms with E-state index in [-0.39, 0.29) is 0 Å². The van der Waals surface area contributed by atoms with Crippen molar-refractivity contribution in [2.24, 2.45) is 0 Å². The van der Waals surface area contributed by atoms with Gasteiger partial charge in [0.05, 0.1) is 13.2 Å². The Bertz CT molecular complexity index is 360. The van der Waals surface area contributed by atoms with Gasteiger partial charge in [-0.25, -0.2) is 0 Å². The summed E-state index contributed by atoms with van der Waals surface area (Å²) in [6, 6.07) is 8.94. The molecule has 0 heterocycles. The minimum Gasteiger partial charge on any atom is -0.383 e. The lowest BCUT2D eigenvalue weighted by Gasteiger charge is -2.22. The zero-order chi connectivity index (χ0) is 15.5. The fraction of sp³-hybridized carbons (Fsp3) is 0.647. The summed E-state index contributed by atoms with van der Waals surface area (Å²) in [7, 11) is 5.48. The van der Waals surface area contributed by atoms with Crippen molar-refractivity contribution >= 4 is 0 Å². The van der Waals surface area contributed by atoms with Gasteiger partial charge in [-0.2, -0.15) is 0 Å². The lowest BCUT2D eigenvalue weighted by Crippen LogP contribution is -2.30. The number of ether oxygens (including phenoxy) is 2. The molecule has 0 spiro atoms. The fourth-order valence-electron chi connectivity index (χ4n) is 2.34. The van der Waals surface area contributed by atoms with Crippen molar-refractivity contribution in [2.45, 2.75) is 19.4 Å². The molecule has 1 aromatic rings. The zero-order valence-electron chi connectivity index (χ0n) is 13.9. The van der Waals surface area contributed by atoms with Crippen LogP contribution in [0.3, 0.4) is 0 Å². The first-order valence-corrected chi connectivity index (χ1v) is 7.65. The van der Waals surface area contributed by atoms with Crippen molar-refractivity contribution in [1.82, 2.24) is 10.2 Å². The van der Waals surface area contributed by atoms with Crippen LogP contribution in [-0.2, 0) is 16.0 Å². The number of benzene rings is 1. The molecule has 0 aliphatic heterocycles. The molecule has 0 saturated carbocycles. The molecule has 0 bridgehead atoms. The lowest BCUT2D eigenvalue weighted by atomic mass is 10.00. The third-order valence-corrected chi connectivity index (χ3v) is 3.69. The largest absolute Gasteiger partial charge is 0.383 e. The predicted molar refractivity (Wildman–Crippen MR) is 87.8 cm³/mol. The number of hydrogen-bond acceptors (Lipinski definition) is 4. The molecule has 0 radical (unpaired) electrons. The van der Waals surface area contributed by atoms with E-state index in [9.17, 15) is 0 Å². The number of likely N-dealkylation sites (N-methyl/N-ethyl adjacent to an activating group) is 1. The van der Waals surface area contributed by atoms with Crippen LogP contribution in [0.2, 0.25) is 0 Å². The number of nitrogens with one attached hydrogen (secondary N) is 1. The molecule has 0 fully saturated rings. The molecule has 1 atom stereocenters. The number of methoxy groups -OCH3 is 2. The molecular formula is C17H30N2O2. The van der Waals surface area contributed by atoms with E-state index in [1.54, 1.807) is 14.2 Å². The van der Waals surface area contributed by atoms with Crippen LogP contribution in [0.1, 0.15) is 24.0 Å². The van der Waals surface area contributed by atoms with Gasteiger partial charge in [0, 0.05) is 40.4 Å². The van der Waals surface area contributed by atoms with Crippen LogP contribution in [0.15, 0.2) is 24.3 Å². The van der Waals surface area contributed by atoms with Gasteiger partial charge in [-0.05, 0) is 24.1 Å². The maximum absolute atomic E-state index is 5.18. The minimum absolute atomic E-state index is 0.544. The highest BCUT2D eigenvalue weighted by Gasteiger charge is 2.07. The van der Waals surface area contributed by atoms with Crippen molar-refractivity contribution in [3.8, 4) is 0 Å². The highest BCUT2D eigenvalue weighted by Crippen LogP contribution is 2.16. The van der Waals surface area contributed by atoms with E-state index in [4.69, 9.17) is 9.47 Å². The summed E-state index contributed by atoms with van der Waals surface area (Å²) in [5.74, 6) is 0.544. The smallest absolute Gasteiger partial charge is 0.0589 e. The van der Waals surface area contributed by atoms with Crippen molar-refractivity contribution in [3.05, 3.63) is 35.4 Å². The van der Waals surface area contributed by atoms with Gasteiger partial charge < -0.3 is 14.8 Å². The van der Waals surface area contributed by atoms with Crippen LogP contribution in [0, 0.1) is 0 Å². The molecule has 1 rings (SSSR count). The summed E-state index contributed by atoms with van der Waals surface area (Å²) in [5.41, 5.74) is 2.72. The molecule has 1 unspecified atom stereocenters. The third kappa shape index (κ3) is 7.05. The Morgan fingerprint density at radius 2 is 1.62 bits per heavy atom. The Kier molecular flexibility index (Phi) is 9.26. The topological polar surface area (TPSA) is 33.7 Å². The second-order valence-corrected chi connectivity index (χ2v) is 5.46. The third-order valence-electron chi connectivity index (χ3n) is 3.69. The molecule has 1 N–H and O–H groups in total. The SMILES string of the molecule is CNCC(C)c1ccc(CN(CCOC)CCOC)cc1. The van der Waals surface area contributed by atoms with Gasteiger partial charge in [0.15, 0.2) is 0 Å². The molecule has 0 amide bonds. The summed E-state index contributed by atoms with van der Waals surface area (Å²) < 4.78 is 10.4. The van der Waals surface area contributed by atoms with Crippen molar-refractivity contribution in [3.63, 3.8) is 0 Å². The van der Waals surface area contributed by atoms with Crippen LogP contribution in [0.4, 0.5) is 0 Å². The first kappa shape index (κ1) is 18.1. The minimum atomic E-state index is 0.544. The molecule has 21 heavy (non-hydrogen) atoms. The van der Waals surface area contributed by atoms with E-state index >= 15 is 0 Å². The molecule has 1 aromatic carbocycles. The van der Waals surface area contributed by atoms with Gasteiger partial charge in [-0.1, -0.05) is 31.2 Å². The Morgan fingerprint density at radius 3 is 2.10 bits per heavy atom. The van der Waals surface area contributed by atoms with Gasteiger partial charge in [0.25, 0.3) is 0 Å². The molecule has 0 aromatic heterocycles. The lowest BCUT2D eigenvalue weighted by molar-refractivity contribution is 0.110. The van der Waals surface area contributed by atoms with E-state index in [2.05, 4.69) is 41.4 Å². The van der Waals surface area contributed by atoms with Crippen LogP contribution in [0.25, 0.3) is 0 Å². The number of nitrogens with zero attached hydrogens (tertiary/aromatic N) is 1. The van der Waals surface area contributed by atoms with Crippen LogP contribution in [-0.4, -0.2) is 59.0 Å². The fourth-order valence-corrected chi connectivity index (χ4v) is 2.34. The Morgan fingerprint density at radius 1 is 1.05 bits per heavy atom.